The van der Waals surface area contributed by atoms with Crippen LogP contribution in [0.25, 0.3) is 65.1 Å². The normalized spacial score (nSPS) is 11.6. The van der Waals surface area contributed by atoms with Gasteiger partial charge in [0.15, 0.2) is 5.13 Å². The number of hydrogen-bond acceptors (Lipinski definition) is 14. The second-order valence-electron chi connectivity index (χ2n) is 28.6. The van der Waals surface area contributed by atoms with E-state index in [1.807, 2.05) is 120 Å². The average molecular weight is 1380 g/mol. The fourth-order valence-electron chi connectivity index (χ4n) is 10.2. The van der Waals surface area contributed by atoms with E-state index < -0.39 is 0 Å². The molecule has 0 radical (unpaired) electrons. The van der Waals surface area contributed by atoms with Crippen LogP contribution in [0.2, 0.25) is 0 Å². The summed E-state index contributed by atoms with van der Waals surface area (Å²) < 4.78 is 14.6. The smallest absolute Gasteiger partial charge is 0.183 e. The maximum Gasteiger partial charge on any atom is 0.183 e. The van der Waals surface area contributed by atoms with Gasteiger partial charge in [-0.15, -0.1) is 5.10 Å². The molecule has 0 spiro atoms. The molecule has 0 unspecified atom stereocenters. The van der Waals surface area contributed by atoms with Gasteiger partial charge in [0.05, 0.1) is 68.8 Å². The summed E-state index contributed by atoms with van der Waals surface area (Å²) in [4.78, 5) is 21.9. The van der Waals surface area contributed by atoms with E-state index in [2.05, 4.69) is 265 Å². The third-order valence-electron chi connectivity index (χ3n) is 15.0. The van der Waals surface area contributed by atoms with Crippen LogP contribution in [0.15, 0.2) is 217 Å². The van der Waals surface area contributed by atoms with Crippen LogP contribution in [0.4, 0.5) is 16.6 Å². The number of furan rings is 1. The lowest BCUT2D eigenvalue weighted by Crippen LogP contribution is -2.24. The molecular weight excluding hydrogens is 1270 g/mol. The summed E-state index contributed by atoms with van der Waals surface area (Å²) >= 11 is 1.72. The van der Waals surface area contributed by atoms with E-state index in [1.54, 1.807) is 23.9 Å². The van der Waals surface area contributed by atoms with Crippen LogP contribution in [0.1, 0.15) is 111 Å². The lowest BCUT2D eigenvalue weighted by molar-refractivity contribution is 0.483. The number of nitrogens with zero attached hydrogens (tertiary/aromatic N) is 12. The molecule has 536 valence electrons. The Balaban J connectivity index is 0.000000162. The minimum atomic E-state index is 0.602. The predicted octanol–water partition coefficient (Wildman–Crippen LogP) is 20.4. The molecule has 101 heavy (non-hydrogen) atoms. The van der Waals surface area contributed by atoms with E-state index >= 15 is 0 Å². The van der Waals surface area contributed by atoms with Gasteiger partial charge >= 0.3 is 0 Å². The minimum Gasteiger partial charge on any atom is -0.470 e. The monoisotopic (exact) mass is 1380 g/mol. The topological polar surface area (TPSA) is 184 Å². The molecule has 5 aromatic carbocycles. The van der Waals surface area contributed by atoms with Crippen molar-refractivity contribution >= 4 is 98.9 Å². The first-order valence-corrected chi connectivity index (χ1v) is 36.9. The average Bonchev–Trinajstić information content (AvgIpc) is 1.09. The lowest BCUT2D eigenvalue weighted by Gasteiger charge is -2.08. The molecule has 17 nitrogen and oxygen atoms in total. The summed E-state index contributed by atoms with van der Waals surface area (Å²) in [6, 6.07) is 53.2. The second-order valence-corrected chi connectivity index (χ2v) is 29.6. The van der Waals surface area contributed by atoms with E-state index in [4.69, 9.17) is 4.42 Å². The highest BCUT2D eigenvalue weighted by Crippen LogP contribution is 2.26. The molecule has 0 saturated carbocycles. The Morgan fingerprint density at radius 2 is 1.03 bits per heavy atom. The number of imidazole rings is 1. The second kappa shape index (κ2) is 41.8. The predicted molar refractivity (Wildman–Crippen MR) is 430 cm³/mol. The number of anilines is 3. The highest BCUT2D eigenvalue weighted by Gasteiger charge is 2.09. The van der Waals surface area contributed by atoms with Crippen LogP contribution in [-0.2, 0) is 26.2 Å². The molecule has 0 bridgehead atoms. The summed E-state index contributed by atoms with van der Waals surface area (Å²) in [7, 11) is 0. The molecule has 4 N–H and O–H groups in total. The molecular formula is C83H112N16OS. The molecule has 9 heterocycles. The number of hydrogen-bond donors (Lipinski definition) is 4. The van der Waals surface area contributed by atoms with Crippen LogP contribution >= 0.6 is 11.3 Å². The van der Waals surface area contributed by atoms with E-state index in [0.29, 0.717) is 47.3 Å². The van der Waals surface area contributed by atoms with Gasteiger partial charge in [0.25, 0.3) is 0 Å². The molecule has 14 rings (SSSR count). The van der Waals surface area contributed by atoms with E-state index in [1.165, 1.54) is 31.9 Å². The highest BCUT2D eigenvalue weighted by atomic mass is 32.1. The summed E-state index contributed by atoms with van der Waals surface area (Å²) in [6.07, 6.45) is 15.3. The zero-order chi connectivity index (χ0) is 72.5. The largest absolute Gasteiger partial charge is 0.470 e. The first-order chi connectivity index (χ1) is 48.7. The zero-order valence-corrected chi connectivity index (χ0v) is 63.6. The summed E-state index contributed by atoms with van der Waals surface area (Å²) in [5.74, 6) is 7.23. The summed E-state index contributed by atoms with van der Waals surface area (Å²) in [5, 5.41) is 30.3. The van der Waals surface area contributed by atoms with E-state index in [-0.39, 0.29) is 0 Å². The Labute approximate surface area is 604 Å². The van der Waals surface area contributed by atoms with Crippen molar-refractivity contribution in [2.24, 2.45) is 52.3 Å². The van der Waals surface area contributed by atoms with Crippen molar-refractivity contribution in [3.8, 4) is 0 Å². The van der Waals surface area contributed by atoms with E-state index in [0.717, 1.165) is 115 Å². The number of para-hydroxylation sites is 6. The molecule has 8 aromatic heterocycles. The lowest BCUT2D eigenvalue weighted by atomic mass is 10.2. The van der Waals surface area contributed by atoms with Crippen molar-refractivity contribution in [2.45, 2.75) is 137 Å². The molecule has 0 saturated heterocycles. The first-order valence-electron chi connectivity index (χ1n) is 36.1. The third kappa shape index (κ3) is 27.8. The molecule has 0 fully saturated rings. The van der Waals surface area contributed by atoms with Crippen LogP contribution in [0, 0.1) is 47.3 Å². The van der Waals surface area contributed by atoms with Crippen molar-refractivity contribution in [3.63, 3.8) is 0 Å². The van der Waals surface area contributed by atoms with Crippen LogP contribution in [0.5, 0.6) is 0 Å². The van der Waals surface area contributed by atoms with Gasteiger partial charge in [-0.1, -0.05) is 206 Å². The SMILES string of the molecule is CC(C)CNC1=NCC=C1.CC(C)CNc1ccc2ccccc2n1.CC(C)CNc1ccoc1.CC(C)CNc1nc2ccccc2s1.CC(C)Cn1ccc2cccnc21.CC(C)Cn1cnc2ccccc21.CC(C)Cn1ncc2ccccc21.CC(C)Cn1nnc2ccccc21. The fraction of sp³-hybridized carbons (Fsp3) is 0.398. The number of fused-ring (bicyclic) bond motifs is 6. The van der Waals surface area contributed by atoms with Crippen LogP contribution in [-0.4, -0.2) is 92.4 Å². The number of thiazole rings is 1. The van der Waals surface area contributed by atoms with Crippen LogP contribution in [0.3, 0.4) is 0 Å². The Bertz CT molecular complexity index is 4130. The first kappa shape index (κ1) is 78.7. The van der Waals surface area contributed by atoms with Gasteiger partial charge in [-0.05, 0) is 138 Å². The maximum atomic E-state index is 4.88. The quantitative estimate of drug-likeness (QED) is 0.0602. The molecule has 0 amide bonds. The summed E-state index contributed by atoms with van der Waals surface area (Å²) in [5.41, 5.74) is 9.94. The molecule has 0 aliphatic carbocycles. The Hall–Kier alpha value is -9.68. The molecule has 1 aliphatic rings. The number of pyridine rings is 2. The van der Waals surface area contributed by atoms with E-state index in [9.17, 15) is 0 Å². The van der Waals surface area contributed by atoms with Gasteiger partial charge in [-0.25, -0.2) is 24.6 Å². The van der Waals surface area contributed by atoms with Gasteiger partial charge in [0.2, 0.25) is 0 Å². The van der Waals surface area contributed by atoms with Crippen LogP contribution < -0.4 is 21.3 Å². The van der Waals surface area contributed by atoms with Crippen molar-refractivity contribution in [2.75, 3.05) is 48.7 Å². The van der Waals surface area contributed by atoms with Gasteiger partial charge in [0, 0.05) is 80.9 Å². The standard InChI is InChI=1S/C13H16N2.C11H14N2S.3C11H14N2.C10H13N3.C8H14N2.C8H13NO/c1-10(2)9-14-13-8-7-11-5-3-4-6-12(11)15-13;1-8(2)7-12-11-13-9-5-3-4-6-10(9)14-11;1-9(2)8-13-7-5-10-4-3-6-12-11(10)13;1-9(2)8-13-11-6-4-3-5-10(11)7-12-13;1-9(2)7-13-8-12-10-5-3-4-6-11(10)13;1-8(2)7-13-10-6-4-3-5-9(10)11-12-13;1-7(2)6-10-8-4-3-5-9-8;1-7(2)5-9-8-3-4-10-6-8/h3-8,10H,9H2,1-2H3,(H,14,15);3-6,8H,7H2,1-2H3,(H,12,13);2*3-7,9H,8H2,1-2H3;3-6,8-9H,7H2,1-2H3;3-6,8H,7H2,1-2H3;3-4,7H,5-6H2,1-2H3,(H,9,10);3-4,6-7,9H,5H2,1-2H3. The zero-order valence-electron chi connectivity index (χ0n) is 62.8. The number of amidine groups is 1. The fourth-order valence-corrected chi connectivity index (χ4v) is 11.1. The Morgan fingerprint density at radius 1 is 0.455 bits per heavy atom. The van der Waals surface area contributed by atoms with Gasteiger partial charge in [0.1, 0.15) is 29.1 Å². The third-order valence-corrected chi connectivity index (χ3v) is 16.0. The summed E-state index contributed by atoms with van der Waals surface area (Å²) in [6.45, 7) is 43.9. The number of rotatable bonds is 19. The molecule has 13 aromatic rings. The van der Waals surface area contributed by atoms with Gasteiger partial charge < -0.3 is 34.8 Å². The number of nitrogens with one attached hydrogen (secondary N) is 4. The van der Waals surface area contributed by atoms with Gasteiger partial charge in [-0.3, -0.25) is 9.67 Å². The van der Waals surface area contributed by atoms with Crippen molar-refractivity contribution in [1.29, 1.82) is 0 Å². The highest BCUT2D eigenvalue weighted by molar-refractivity contribution is 7.22. The number of aromatic nitrogens is 11. The molecule has 1 aliphatic heterocycles. The maximum absolute atomic E-state index is 4.88. The molecule has 0 atom stereocenters. The molecule has 18 heteroatoms. The number of benzene rings is 5. The van der Waals surface area contributed by atoms with Crippen molar-refractivity contribution in [3.05, 3.63) is 207 Å². The number of aliphatic imine (C=N–C) groups is 1. The van der Waals surface area contributed by atoms with Crippen molar-refractivity contribution in [1.82, 2.24) is 59.2 Å². The Kier molecular flexibility index (Phi) is 32.5. The van der Waals surface area contributed by atoms with Gasteiger partial charge in [-0.2, -0.15) is 5.10 Å². The van der Waals surface area contributed by atoms with Crippen molar-refractivity contribution < 1.29 is 4.42 Å². The minimum absolute atomic E-state index is 0.602. The Morgan fingerprint density at radius 3 is 1.68 bits per heavy atom.